The summed E-state index contributed by atoms with van der Waals surface area (Å²) in [4.78, 5) is 13.8. The van der Waals surface area contributed by atoms with E-state index in [0.717, 1.165) is 13.0 Å². The lowest BCUT2D eigenvalue weighted by molar-refractivity contribution is -0.117. The van der Waals surface area contributed by atoms with Gasteiger partial charge >= 0.3 is 6.01 Å². The molecule has 0 saturated heterocycles. The Hall–Kier alpha value is -1.47. The lowest BCUT2D eigenvalue weighted by Crippen LogP contribution is -2.35. The van der Waals surface area contributed by atoms with Gasteiger partial charge in [-0.3, -0.25) is 15.0 Å². The van der Waals surface area contributed by atoms with E-state index < -0.39 is 0 Å². The Morgan fingerprint density at radius 3 is 2.52 bits per heavy atom. The minimum Gasteiger partial charge on any atom is -0.408 e. The number of anilines is 1. The Kier molecular flexibility index (Phi) is 6.77. The number of aromatic nitrogens is 2. The largest absolute Gasteiger partial charge is 0.408 e. The molecule has 0 saturated carbocycles. The highest BCUT2D eigenvalue weighted by Gasteiger charge is 2.14. The third-order valence-electron chi connectivity index (χ3n) is 3.29. The zero-order valence-corrected chi connectivity index (χ0v) is 13.6. The number of rotatable bonds is 8. The molecule has 0 radical (unpaired) electrons. The number of hydrogen-bond acceptors (Lipinski definition) is 6. The fourth-order valence-corrected chi connectivity index (χ4v) is 1.70. The second-order valence-corrected chi connectivity index (χ2v) is 6.08. The molecule has 1 rings (SSSR count). The maximum absolute atomic E-state index is 11.9. The second kappa shape index (κ2) is 8.09. The van der Waals surface area contributed by atoms with E-state index in [1.165, 1.54) is 0 Å². The Balaban J connectivity index is 2.35. The summed E-state index contributed by atoms with van der Waals surface area (Å²) >= 11 is 0. The van der Waals surface area contributed by atoms with E-state index >= 15 is 0 Å². The van der Waals surface area contributed by atoms with E-state index in [0.29, 0.717) is 11.8 Å². The molecule has 120 valence electrons. The normalized spacial score (nSPS) is 13.2. The van der Waals surface area contributed by atoms with Crippen LogP contribution in [-0.2, 0) is 4.79 Å². The van der Waals surface area contributed by atoms with Crippen LogP contribution in [0.25, 0.3) is 0 Å². The fraction of sp³-hybridized carbons (Fsp3) is 0.786. The first-order chi connectivity index (χ1) is 9.79. The standard InChI is InChI=1S/C14H27N5O2/c1-9(2)11(15)6-7-19(5)8-12(20)16-14-18-17-13(21-14)10(3)4/h9-11H,6-8,15H2,1-5H3,(H,16,18,20). The topological polar surface area (TPSA) is 97.3 Å². The molecule has 1 aromatic heterocycles. The van der Waals surface area contributed by atoms with Gasteiger partial charge in [0.1, 0.15) is 0 Å². The number of nitrogens with two attached hydrogens (primary N) is 1. The van der Waals surface area contributed by atoms with Crippen molar-refractivity contribution in [1.82, 2.24) is 15.1 Å². The van der Waals surface area contributed by atoms with Crippen molar-refractivity contribution in [2.75, 3.05) is 25.5 Å². The Morgan fingerprint density at radius 2 is 2.00 bits per heavy atom. The van der Waals surface area contributed by atoms with E-state index in [1.54, 1.807) is 0 Å². The van der Waals surface area contributed by atoms with Crippen molar-refractivity contribution in [1.29, 1.82) is 0 Å². The van der Waals surface area contributed by atoms with Gasteiger partial charge in [0.05, 0.1) is 6.54 Å². The molecular formula is C14H27N5O2. The molecule has 1 aromatic rings. The van der Waals surface area contributed by atoms with Crippen LogP contribution in [0.4, 0.5) is 6.01 Å². The van der Waals surface area contributed by atoms with Crippen molar-refractivity contribution in [2.45, 2.75) is 46.1 Å². The van der Waals surface area contributed by atoms with Crippen molar-refractivity contribution >= 4 is 11.9 Å². The summed E-state index contributed by atoms with van der Waals surface area (Å²) in [6.07, 6.45) is 0.861. The van der Waals surface area contributed by atoms with Crippen molar-refractivity contribution in [3.63, 3.8) is 0 Å². The second-order valence-electron chi connectivity index (χ2n) is 6.08. The van der Waals surface area contributed by atoms with Crippen LogP contribution in [0, 0.1) is 5.92 Å². The van der Waals surface area contributed by atoms with Crippen molar-refractivity contribution < 1.29 is 9.21 Å². The summed E-state index contributed by atoms with van der Waals surface area (Å²) in [5, 5.41) is 10.3. The number of amides is 1. The van der Waals surface area contributed by atoms with Gasteiger partial charge in [0.2, 0.25) is 11.8 Å². The summed E-state index contributed by atoms with van der Waals surface area (Å²) in [7, 11) is 1.89. The number of nitrogens with zero attached hydrogens (tertiary/aromatic N) is 3. The van der Waals surface area contributed by atoms with Crippen LogP contribution in [-0.4, -0.2) is 47.2 Å². The SMILES string of the molecule is CC(C)c1nnc(NC(=O)CN(C)CCC(N)C(C)C)o1. The van der Waals surface area contributed by atoms with E-state index in [2.05, 4.69) is 29.4 Å². The average Bonchev–Trinajstić information content (AvgIpc) is 2.84. The van der Waals surface area contributed by atoms with Crippen molar-refractivity contribution in [3.05, 3.63) is 5.89 Å². The summed E-state index contributed by atoms with van der Waals surface area (Å²) in [5.74, 6) is 0.930. The van der Waals surface area contributed by atoms with Gasteiger partial charge in [-0.2, -0.15) is 0 Å². The third kappa shape index (κ3) is 6.22. The molecule has 7 heteroatoms. The minimum atomic E-state index is -0.172. The molecule has 3 N–H and O–H groups in total. The minimum absolute atomic E-state index is 0.142. The predicted octanol–water partition coefficient (Wildman–Crippen LogP) is 1.44. The molecule has 21 heavy (non-hydrogen) atoms. The Labute approximate surface area is 126 Å². The maximum Gasteiger partial charge on any atom is 0.322 e. The summed E-state index contributed by atoms with van der Waals surface area (Å²) in [6.45, 7) is 9.13. The number of carbonyl (C=O) groups is 1. The van der Waals surface area contributed by atoms with Crippen LogP contribution in [0.5, 0.6) is 0 Å². The molecule has 0 fully saturated rings. The van der Waals surface area contributed by atoms with Crippen LogP contribution >= 0.6 is 0 Å². The molecule has 0 spiro atoms. The highest BCUT2D eigenvalue weighted by Crippen LogP contribution is 2.14. The Morgan fingerprint density at radius 1 is 1.33 bits per heavy atom. The highest BCUT2D eigenvalue weighted by atomic mass is 16.4. The van der Waals surface area contributed by atoms with Gasteiger partial charge < -0.3 is 10.2 Å². The lowest BCUT2D eigenvalue weighted by Gasteiger charge is -2.20. The van der Waals surface area contributed by atoms with Gasteiger partial charge in [-0.15, -0.1) is 5.10 Å². The predicted molar refractivity (Wildman–Crippen MR) is 81.9 cm³/mol. The average molecular weight is 297 g/mol. The van der Waals surface area contributed by atoms with Crippen LogP contribution in [0.15, 0.2) is 4.42 Å². The van der Waals surface area contributed by atoms with Crippen LogP contribution in [0.3, 0.4) is 0 Å². The molecule has 1 atom stereocenters. The molecule has 0 bridgehead atoms. The molecule has 0 aliphatic rings. The maximum atomic E-state index is 11.9. The molecule has 1 amide bonds. The number of nitrogens with one attached hydrogen (secondary N) is 1. The highest BCUT2D eigenvalue weighted by molar-refractivity contribution is 5.90. The number of likely N-dealkylation sites (N-methyl/N-ethyl adjacent to an activating group) is 1. The van der Waals surface area contributed by atoms with Gasteiger partial charge in [0.15, 0.2) is 0 Å². The summed E-state index contributed by atoms with van der Waals surface area (Å²) < 4.78 is 5.33. The smallest absolute Gasteiger partial charge is 0.322 e. The van der Waals surface area contributed by atoms with E-state index in [9.17, 15) is 4.79 Å². The monoisotopic (exact) mass is 297 g/mol. The first-order valence-electron chi connectivity index (χ1n) is 7.37. The quantitative estimate of drug-likeness (QED) is 0.753. The first-order valence-corrected chi connectivity index (χ1v) is 7.37. The van der Waals surface area contributed by atoms with Gasteiger partial charge in [0.25, 0.3) is 0 Å². The molecule has 1 heterocycles. The van der Waals surface area contributed by atoms with Crippen LogP contribution < -0.4 is 11.1 Å². The Bertz CT molecular complexity index is 444. The van der Waals surface area contributed by atoms with Gasteiger partial charge in [-0.25, -0.2) is 0 Å². The summed E-state index contributed by atoms with van der Waals surface area (Å²) in [6, 6.07) is 0.302. The first kappa shape index (κ1) is 17.6. The molecule has 7 nitrogen and oxygen atoms in total. The van der Waals surface area contributed by atoms with Crippen LogP contribution in [0.1, 0.15) is 45.9 Å². The van der Waals surface area contributed by atoms with Crippen LogP contribution in [0.2, 0.25) is 0 Å². The molecular weight excluding hydrogens is 270 g/mol. The fourth-order valence-electron chi connectivity index (χ4n) is 1.70. The molecule has 0 aromatic carbocycles. The summed E-state index contributed by atoms with van der Waals surface area (Å²) in [5.41, 5.74) is 5.99. The molecule has 0 aliphatic heterocycles. The lowest BCUT2D eigenvalue weighted by atomic mass is 10.0. The van der Waals surface area contributed by atoms with E-state index in [-0.39, 0.29) is 30.4 Å². The van der Waals surface area contributed by atoms with Gasteiger partial charge in [0, 0.05) is 12.0 Å². The van der Waals surface area contributed by atoms with Gasteiger partial charge in [-0.05, 0) is 25.9 Å². The van der Waals surface area contributed by atoms with Crippen molar-refractivity contribution in [2.24, 2.45) is 11.7 Å². The molecule has 1 unspecified atom stereocenters. The third-order valence-corrected chi connectivity index (χ3v) is 3.29. The zero-order chi connectivity index (χ0) is 16.0. The number of carbonyl (C=O) groups excluding carboxylic acids is 1. The van der Waals surface area contributed by atoms with E-state index in [1.807, 2.05) is 25.8 Å². The number of hydrogen-bond donors (Lipinski definition) is 2. The molecule has 0 aliphatic carbocycles. The van der Waals surface area contributed by atoms with Crippen molar-refractivity contribution in [3.8, 4) is 0 Å². The van der Waals surface area contributed by atoms with Gasteiger partial charge in [-0.1, -0.05) is 32.8 Å². The van der Waals surface area contributed by atoms with E-state index in [4.69, 9.17) is 10.2 Å². The zero-order valence-electron chi connectivity index (χ0n) is 13.6.